The number of benzene rings is 1. The Labute approximate surface area is 143 Å². The third-order valence-corrected chi connectivity index (χ3v) is 4.89. The predicted molar refractivity (Wildman–Crippen MR) is 94.0 cm³/mol. The van der Waals surface area contributed by atoms with Crippen LogP contribution in [0.25, 0.3) is 0 Å². The lowest BCUT2D eigenvalue weighted by atomic mass is 10.0. The van der Waals surface area contributed by atoms with E-state index in [1.807, 2.05) is 11.9 Å². The van der Waals surface area contributed by atoms with Gasteiger partial charge >= 0.3 is 0 Å². The van der Waals surface area contributed by atoms with Crippen LogP contribution in [0, 0.1) is 0 Å². The molecule has 2 N–H and O–H groups in total. The highest BCUT2D eigenvalue weighted by atomic mass is 16.2. The lowest BCUT2D eigenvalue weighted by Crippen LogP contribution is -2.55. The maximum Gasteiger partial charge on any atom is 0.237 e. The molecule has 6 heteroatoms. The molecule has 0 radical (unpaired) electrons. The first kappa shape index (κ1) is 16.8. The number of carbonyl (C=O) groups excluding carboxylic acids is 2. The molecule has 0 aliphatic carbocycles. The smallest absolute Gasteiger partial charge is 0.237 e. The fourth-order valence-corrected chi connectivity index (χ4v) is 3.50. The topological polar surface area (TPSA) is 64.7 Å². The average molecular weight is 330 g/mol. The normalized spacial score (nSPS) is 21.1. The van der Waals surface area contributed by atoms with Crippen molar-refractivity contribution < 1.29 is 9.59 Å². The molecule has 0 bridgehead atoms. The highest BCUT2D eigenvalue weighted by Crippen LogP contribution is 2.25. The van der Waals surface area contributed by atoms with Gasteiger partial charge in [0.25, 0.3) is 0 Å². The molecule has 0 saturated carbocycles. The molecule has 1 unspecified atom stereocenters. The molecular formula is C18H26N4O2. The third kappa shape index (κ3) is 3.87. The molecule has 0 spiro atoms. The highest BCUT2D eigenvalue weighted by Gasteiger charge is 2.28. The molecule has 2 amide bonds. The van der Waals surface area contributed by atoms with E-state index in [-0.39, 0.29) is 24.3 Å². The van der Waals surface area contributed by atoms with E-state index in [4.69, 9.17) is 0 Å². The molecule has 0 aromatic heterocycles. The zero-order chi connectivity index (χ0) is 16.9. The maximum atomic E-state index is 12.2. The van der Waals surface area contributed by atoms with Gasteiger partial charge < -0.3 is 15.5 Å². The predicted octanol–water partition coefficient (Wildman–Crippen LogP) is 0.376. The van der Waals surface area contributed by atoms with Gasteiger partial charge in [-0.1, -0.05) is 18.2 Å². The van der Waals surface area contributed by atoms with Crippen LogP contribution in [-0.2, 0) is 16.0 Å². The second-order valence-electron chi connectivity index (χ2n) is 6.56. The summed E-state index contributed by atoms with van der Waals surface area (Å²) in [6.07, 6.45) is 2.50. The first-order valence-corrected chi connectivity index (χ1v) is 8.72. The molecule has 2 aliphatic rings. The van der Waals surface area contributed by atoms with Crippen LogP contribution in [0.1, 0.15) is 18.4 Å². The van der Waals surface area contributed by atoms with Crippen molar-refractivity contribution in [3.8, 4) is 0 Å². The van der Waals surface area contributed by atoms with Crippen molar-refractivity contribution in [2.45, 2.75) is 25.3 Å². The van der Waals surface area contributed by atoms with Gasteiger partial charge in [-0.25, -0.2) is 0 Å². The monoisotopic (exact) mass is 330 g/mol. The maximum absolute atomic E-state index is 12.2. The van der Waals surface area contributed by atoms with Crippen molar-refractivity contribution >= 4 is 17.5 Å². The Morgan fingerprint density at radius 2 is 2.17 bits per heavy atom. The Balaban J connectivity index is 1.47. The average Bonchev–Trinajstić information content (AvgIpc) is 2.58. The Bertz CT molecular complexity index is 604. The SMILES string of the molecule is CN1CCNC(=O)C1CC(=O)NCCN1CCCc2ccccc21. The van der Waals surface area contributed by atoms with Crippen molar-refractivity contribution in [2.24, 2.45) is 0 Å². The van der Waals surface area contributed by atoms with Crippen molar-refractivity contribution in [1.29, 1.82) is 0 Å². The summed E-state index contributed by atoms with van der Waals surface area (Å²) in [5.41, 5.74) is 2.67. The Hall–Kier alpha value is -2.08. The van der Waals surface area contributed by atoms with Gasteiger partial charge in [-0.15, -0.1) is 0 Å². The van der Waals surface area contributed by atoms with Gasteiger partial charge in [0.05, 0.1) is 12.5 Å². The summed E-state index contributed by atoms with van der Waals surface area (Å²) in [7, 11) is 1.89. The van der Waals surface area contributed by atoms with Gasteiger partial charge in [0.2, 0.25) is 11.8 Å². The van der Waals surface area contributed by atoms with E-state index >= 15 is 0 Å². The minimum atomic E-state index is -0.352. The highest BCUT2D eigenvalue weighted by molar-refractivity contribution is 5.88. The quantitative estimate of drug-likeness (QED) is 0.819. The number of rotatable bonds is 5. The standard InChI is InChI=1S/C18H26N4O2/c1-21-11-8-20-18(24)16(21)13-17(23)19-9-12-22-10-4-6-14-5-2-3-7-15(14)22/h2-3,5,7,16H,4,6,8-13H2,1H3,(H,19,23)(H,20,24). The zero-order valence-corrected chi connectivity index (χ0v) is 14.3. The fraction of sp³-hybridized carbons (Fsp3) is 0.556. The minimum Gasteiger partial charge on any atom is -0.370 e. The summed E-state index contributed by atoms with van der Waals surface area (Å²) in [6.45, 7) is 3.87. The van der Waals surface area contributed by atoms with Crippen LogP contribution in [0.2, 0.25) is 0 Å². The molecule has 1 saturated heterocycles. The van der Waals surface area contributed by atoms with Gasteiger partial charge in [0.15, 0.2) is 0 Å². The van der Waals surface area contributed by atoms with Gasteiger partial charge in [-0.05, 0) is 31.5 Å². The number of anilines is 1. The Morgan fingerprint density at radius 3 is 3.00 bits per heavy atom. The number of nitrogens with one attached hydrogen (secondary N) is 2. The number of likely N-dealkylation sites (N-methyl/N-ethyl adjacent to an activating group) is 1. The number of nitrogens with zero attached hydrogens (tertiary/aromatic N) is 2. The van der Waals surface area contributed by atoms with E-state index in [0.29, 0.717) is 13.1 Å². The van der Waals surface area contributed by atoms with E-state index in [2.05, 4.69) is 39.8 Å². The number of hydrogen-bond acceptors (Lipinski definition) is 4. The Kier molecular flexibility index (Phi) is 5.35. The van der Waals surface area contributed by atoms with E-state index < -0.39 is 0 Å². The number of hydrogen-bond donors (Lipinski definition) is 2. The van der Waals surface area contributed by atoms with Gasteiger partial charge in [0, 0.05) is 38.4 Å². The summed E-state index contributed by atoms with van der Waals surface area (Å²) < 4.78 is 0. The minimum absolute atomic E-state index is 0.0520. The summed E-state index contributed by atoms with van der Waals surface area (Å²) in [4.78, 5) is 28.3. The van der Waals surface area contributed by atoms with Gasteiger partial charge in [-0.3, -0.25) is 14.5 Å². The van der Waals surface area contributed by atoms with Crippen LogP contribution >= 0.6 is 0 Å². The summed E-state index contributed by atoms with van der Waals surface area (Å²) in [6, 6.07) is 8.12. The van der Waals surface area contributed by atoms with Crippen LogP contribution < -0.4 is 15.5 Å². The van der Waals surface area contributed by atoms with Gasteiger partial charge in [0.1, 0.15) is 0 Å². The molecule has 1 aromatic rings. The lowest BCUT2D eigenvalue weighted by molar-refractivity contribution is -0.133. The summed E-state index contributed by atoms with van der Waals surface area (Å²) in [5, 5.41) is 5.78. The van der Waals surface area contributed by atoms with Crippen LogP contribution in [0.4, 0.5) is 5.69 Å². The van der Waals surface area contributed by atoms with Crippen molar-refractivity contribution in [3.63, 3.8) is 0 Å². The number of aryl methyl sites for hydroxylation is 1. The largest absolute Gasteiger partial charge is 0.370 e. The zero-order valence-electron chi connectivity index (χ0n) is 14.3. The second-order valence-corrected chi connectivity index (χ2v) is 6.56. The van der Waals surface area contributed by atoms with Crippen LogP contribution in [-0.4, -0.2) is 62.5 Å². The number of carbonyl (C=O) groups is 2. The van der Waals surface area contributed by atoms with Crippen LogP contribution in [0.15, 0.2) is 24.3 Å². The molecule has 130 valence electrons. The third-order valence-electron chi connectivity index (χ3n) is 4.89. The number of amides is 2. The summed E-state index contributed by atoms with van der Waals surface area (Å²) in [5.74, 6) is -0.113. The van der Waals surface area contributed by atoms with E-state index in [1.165, 1.54) is 11.3 Å². The van der Waals surface area contributed by atoms with Crippen LogP contribution in [0.5, 0.6) is 0 Å². The van der Waals surface area contributed by atoms with E-state index in [9.17, 15) is 9.59 Å². The van der Waals surface area contributed by atoms with E-state index in [0.717, 1.165) is 32.5 Å². The molecule has 2 aliphatic heterocycles. The molecule has 1 aromatic carbocycles. The molecule has 24 heavy (non-hydrogen) atoms. The number of piperazine rings is 1. The number of para-hydroxylation sites is 1. The molecule has 1 fully saturated rings. The fourth-order valence-electron chi connectivity index (χ4n) is 3.50. The van der Waals surface area contributed by atoms with Crippen molar-refractivity contribution in [1.82, 2.24) is 15.5 Å². The molecule has 1 atom stereocenters. The molecule has 2 heterocycles. The summed E-state index contributed by atoms with van der Waals surface area (Å²) >= 11 is 0. The molecular weight excluding hydrogens is 304 g/mol. The lowest BCUT2D eigenvalue weighted by Gasteiger charge is -2.32. The first-order valence-electron chi connectivity index (χ1n) is 8.72. The molecule has 3 rings (SSSR count). The van der Waals surface area contributed by atoms with Gasteiger partial charge in [-0.2, -0.15) is 0 Å². The first-order chi connectivity index (χ1) is 11.6. The molecule has 6 nitrogen and oxygen atoms in total. The second kappa shape index (κ2) is 7.66. The Morgan fingerprint density at radius 1 is 1.33 bits per heavy atom. The number of fused-ring (bicyclic) bond motifs is 1. The van der Waals surface area contributed by atoms with E-state index in [1.54, 1.807) is 0 Å². The van der Waals surface area contributed by atoms with Crippen molar-refractivity contribution in [3.05, 3.63) is 29.8 Å². The van der Waals surface area contributed by atoms with Crippen molar-refractivity contribution in [2.75, 3.05) is 44.7 Å². The van der Waals surface area contributed by atoms with Crippen LogP contribution in [0.3, 0.4) is 0 Å².